The lowest BCUT2D eigenvalue weighted by molar-refractivity contribution is 0.572. The van der Waals surface area contributed by atoms with Crippen LogP contribution >= 0.6 is 0 Å². The molecule has 0 N–H and O–H groups in total. The Balaban J connectivity index is 2.63. The van der Waals surface area contributed by atoms with Crippen molar-refractivity contribution in [2.75, 3.05) is 0 Å². The van der Waals surface area contributed by atoms with Crippen molar-refractivity contribution in [1.29, 1.82) is 0 Å². The van der Waals surface area contributed by atoms with Crippen LogP contribution in [0.4, 0.5) is 0 Å². The van der Waals surface area contributed by atoms with Gasteiger partial charge in [-0.1, -0.05) is 20.8 Å². The molecule has 14 heavy (non-hydrogen) atoms. The fourth-order valence-corrected chi connectivity index (χ4v) is 1.25. The second kappa shape index (κ2) is 2.77. The lowest BCUT2D eigenvalue weighted by atomic mass is 9.93. The molecule has 0 saturated carbocycles. The Labute approximate surface area is 83.0 Å². The number of aryl methyl sites for hydroxylation is 1. The van der Waals surface area contributed by atoms with Gasteiger partial charge in [-0.2, -0.15) is 5.10 Å². The van der Waals surface area contributed by atoms with E-state index in [0.29, 0.717) is 0 Å². The predicted octanol–water partition coefficient (Wildman–Crippen LogP) is 1.73. The summed E-state index contributed by atoms with van der Waals surface area (Å²) in [7, 11) is 0. The zero-order valence-corrected chi connectivity index (χ0v) is 8.94. The molecule has 74 valence electrons. The highest BCUT2D eigenvalue weighted by Crippen LogP contribution is 2.20. The predicted molar refractivity (Wildman–Crippen MR) is 54.2 cm³/mol. The third-order valence-corrected chi connectivity index (χ3v) is 2.10. The van der Waals surface area contributed by atoms with Crippen LogP contribution in [0.2, 0.25) is 0 Å². The van der Waals surface area contributed by atoms with E-state index in [4.69, 9.17) is 0 Å². The molecule has 0 amide bonds. The van der Waals surface area contributed by atoms with Gasteiger partial charge in [-0.05, 0) is 6.92 Å². The van der Waals surface area contributed by atoms with E-state index < -0.39 is 0 Å². The van der Waals surface area contributed by atoms with Gasteiger partial charge in [-0.25, -0.2) is 14.5 Å². The summed E-state index contributed by atoms with van der Waals surface area (Å²) in [6, 6.07) is 0. The van der Waals surface area contributed by atoms with Gasteiger partial charge in [0.1, 0.15) is 5.82 Å². The molecule has 0 aromatic carbocycles. The highest BCUT2D eigenvalue weighted by Gasteiger charge is 2.17. The topological polar surface area (TPSA) is 43.1 Å². The molecular weight excluding hydrogens is 176 g/mol. The molecule has 0 aliphatic heterocycles. The second-order valence-electron chi connectivity index (χ2n) is 4.48. The van der Waals surface area contributed by atoms with E-state index in [9.17, 15) is 0 Å². The average Bonchev–Trinajstić information content (AvgIpc) is 2.45. The minimum Gasteiger partial charge on any atom is -0.236 e. The number of aromatic nitrogens is 4. The summed E-state index contributed by atoms with van der Waals surface area (Å²) in [5.74, 6) is 0.760. The van der Waals surface area contributed by atoms with E-state index in [0.717, 1.165) is 17.2 Å². The van der Waals surface area contributed by atoms with Crippen LogP contribution in [0.15, 0.2) is 12.4 Å². The van der Waals surface area contributed by atoms with Gasteiger partial charge in [-0.15, -0.1) is 0 Å². The Hall–Kier alpha value is -1.45. The fourth-order valence-electron chi connectivity index (χ4n) is 1.25. The fraction of sp³-hybridized carbons (Fsp3) is 0.500. The molecule has 0 atom stereocenters. The summed E-state index contributed by atoms with van der Waals surface area (Å²) in [5, 5.41) is 4.25. The summed E-state index contributed by atoms with van der Waals surface area (Å²) >= 11 is 0. The van der Waals surface area contributed by atoms with E-state index in [1.165, 1.54) is 0 Å². The largest absolute Gasteiger partial charge is 0.236 e. The van der Waals surface area contributed by atoms with Gasteiger partial charge in [0.2, 0.25) is 0 Å². The zero-order chi connectivity index (χ0) is 10.3. The molecule has 0 fully saturated rings. The maximum Gasteiger partial charge on any atom is 0.172 e. The van der Waals surface area contributed by atoms with Crippen molar-refractivity contribution in [2.45, 2.75) is 33.1 Å². The van der Waals surface area contributed by atoms with Crippen molar-refractivity contribution in [2.24, 2.45) is 0 Å². The molecule has 0 spiro atoms. The lowest BCUT2D eigenvalue weighted by Gasteiger charge is -2.13. The van der Waals surface area contributed by atoms with Crippen LogP contribution in [-0.2, 0) is 5.41 Å². The van der Waals surface area contributed by atoms with Crippen molar-refractivity contribution in [3.63, 3.8) is 0 Å². The standard InChI is InChI=1S/C10H14N4/c1-7-11-5-9-12-8(10(2,3)4)6-14(9)13-7/h5-6H,1-4H3. The van der Waals surface area contributed by atoms with Gasteiger partial charge in [0, 0.05) is 5.41 Å². The number of hydrogen-bond acceptors (Lipinski definition) is 3. The highest BCUT2D eigenvalue weighted by molar-refractivity contribution is 5.36. The van der Waals surface area contributed by atoms with E-state index in [1.807, 2.05) is 13.1 Å². The first-order chi connectivity index (χ1) is 6.47. The molecule has 4 heteroatoms. The van der Waals surface area contributed by atoms with Gasteiger partial charge in [0.25, 0.3) is 0 Å². The van der Waals surface area contributed by atoms with Crippen LogP contribution in [0.25, 0.3) is 5.65 Å². The Morgan fingerprint density at radius 1 is 1.29 bits per heavy atom. The molecule has 0 saturated heterocycles. The summed E-state index contributed by atoms with van der Waals surface area (Å²) in [4.78, 5) is 8.57. The van der Waals surface area contributed by atoms with Crippen molar-refractivity contribution in [1.82, 2.24) is 19.6 Å². The molecule has 0 aliphatic carbocycles. The molecule has 0 radical (unpaired) electrons. The molecule has 0 aliphatic rings. The summed E-state index contributed by atoms with van der Waals surface area (Å²) in [5.41, 5.74) is 1.90. The summed E-state index contributed by atoms with van der Waals surface area (Å²) in [6.07, 6.45) is 3.71. The molecule has 2 rings (SSSR count). The quantitative estimate of drug-likeness (QED) is 0.635. The van der Waals surface area contributed by atoms with Crippen LogP contribution < -0.4 is 0 Å². The van der Waals surface area contributed by atoms with Crippen LogP contribution in [-0.4, -0.2) is 19.6 Å². The Morgan fingerprint density at radius 3 is 2.64 bits per heavy atom. The lowest BCUT2D eigenvalue weighted by Crippen LogP contribution is -2.11. The molecule has 2 aromatic rings. The van der Waals surface area contributed by atoms with Gasteiger partial charge in [0.05, 0.1) is 18.1 Å². The van der Waals surface area contributed by atoms with Gasteiger partial charge in [-0.3, -0.25) is 0 Å². The first-order valence-electron chi connectivity index (χ1n) is 4.66. The minimum absolute atomic E-state index is 0.0571. The van der Waals surface area contributed by atoms with E-state index in [2.05, 4.69) is 35.8 Å². The van der Waals surface area contributed by atoms with Crippen LogP contribution in [0, 0.1) is 6.92 Å². The van der Waals surface area contributed by atoms with E-state index >= 15 is 0 Å². The SMILES string of the molecule is Cc1ncc2nc(C(C)(C)C)cn2n1. The van der Waals surface area contributed by atoms with Crippen LogP contribution in [0.5, 0.6) is 0 Å². The van der Waals surface area contributed by atoms with Crippen molar-refractivity contribution in [3.8, 4) is 0 Å². The third kappa shape index (κ3) is 1.47. The van der Waals surface area contributed by atoms with Gasteiger partial charge in [0.15, 0.2) is 5.65 Å². The van der Waals surface area contributed by atoms with Crippen LogP contribution in [0.3, 0.4) is 0 Å². The number of imidazole rings is 1. The van der Waals surface area contributed by atoms with E-state index in [-0.39, 0.29) is 5.41 Å². The first kappa shape index (κ1) is 9.12. The smallest absolute Gasteiger partial charge is 0.172 e. The number of hydrogen-bond donors (Lipinski definition) is 0. The normalized spacial score (nSPS) is 12.3. The molecular formula is C10H14N4. The Bertz CT molecular complexity index is 464. The average molecular weight is 190 g/mol. The van der Waals surface area contributed by atoms with Gasteiger partial charge < -0.3 is 0 Å². The van der Waals surface area contributed by atoms with Crippen molar-refractivity contribution in [3.05, 3.63) is 23.9 Å². The zero-order valence-electron chi connectivity index (χ0n) is 8.94. The van der Waals surface area contributed by atoms with Crippen molar-refractivity contribution < 1.29 is 0 Å². The van der Waals surface area contributed by atoms with E-state index in [1.54, 1.807) is 10.7 Å². The number of rotatable bonds is 0. The third-order valence-electron chi connectivity index (χ3n) is 2.10. The van der Waals surface area contributed by atoms with Gasteiger partial charge >= 0.3 is 0 Å². The maximum absolute atomic E-state index is 4.46. The second-order valence-corrected chi connectivity index (χ2v) is 4.48. The summed E-state index contributed by atoms with van der Waals surface area (Å²) in [6.45, 7) is 8.27. The molecule has 2 aromatic heterocycles. The number of nitrogens with zero attached hydrogens (tertiary/aromatic N) is 4. The first-order valence-corrected chi connectivity index (χ1v) is 4.66. The number of fused-ring (bicyclic) bond motifs is 1. The molecule has 4 nitrogen and oxygen atoms in total. The minimum atomic E-state index is 0.0571. The summed E-state index contributed by atoms with van der Waals surface area (Å²) < 4.78 is 1.78. The van der Waals surface area contributed by atoms with Crippen molar-refractivity contribution >= 4 is 5.65 Å². The molecule has 2 heterocycles. The molecule has 0 bridgehead atoms. The monoisotopic (exact) mass is 190 g/mol. The Morgan fingerprint density at radius 2 is 2.00 bits per heavy atom. The Kier molecular flexibility index (Phi) is 1.80. The molecule has 0 unspecified atom stereocenters. The van der Waals surface area contributed by atoms with Crippen LogP contribution in [0.1, 0.15) is 32.3 Å². The highest BCUT2D eigenvalue weighted by atomic mass is 15.3. The maximum atomic E-state index is 4.46.